The Labute approximate surface area is 122 Å². The van der Waals surface area contributed by atoms with E-state index in [-0.39, 0.29) is 11.7 Å². The fourth-order valence-electron chi connectivity index (χ4n) is 2.24. The number of hydrogen-bond donors (Lipinski definition) is 1. The molecule has 1 aliphatic rings. The van der Waals surface area contributed by atoms with E-state index in [2.05, 4.69) is 4.99 Å². The van der Waals surface area contributed by atoms with E-state index in [4.69, 9.17) is 0 Å². The van der Waals surface area contributed by atoms with E-state index in [9.17, 15) is 9.90 Å². The normalized spacial score (nSPS) is 16.4. The first-order valence-electron chi connectivity index (χ1n) is 6.61. The van der Waals surface area contributed by atoms with Gasteiger partial charge in [0.15, 0.2) is 0 Å². The minimum Gasteiger partial charge on any atom is -0.508 e. The molecule has 0 radical (unpaired) electrons. The van der Waals surface area contributed by atoms with Gasteiger partial charge in [-0.15, -0.1) is 0 Å². The molecule has 4 nitrogen and oxygen atoms in total. The number of aliphatic imine (C=N–C) groups is 1. The number of amidine groups is 1. The van der Waals surface area contributed by atoms with Crippen molar-refractivity contribution in [1.29, 1.82) is 0 Å². The summed E-state index contributed by atoms with van der Waals surface area (Å²) >= 11 is 0. The molecule has 0 spiro atoms. The zero-order chi connectivity index (χ0) is 14.8. The van der Waals surface area contributed by atoms with Gasteiger partial charge in [0.05, 0.1) is 5.69 Å². The summed E-state index contributed by atoms with van der Waals surface area (Å²) in [5, 5.41) is 9.33. The Morgan fingerprint density at radius 1 is 1.05 bits per heavy atom. The molecule has 0 fully saturated rings. The van der Waals surface area contributed by atoms with Crippen LogP contribution in [0.25, 0.3) is 6.08 Å². The Morgan fingerprint density at radius 2 is 1.71 bits per heavy atom. The third kappa shape index (κ3) is 2.56. The van der Waals surface area contributed by atoms with Crippen molar-refractivity contribution in [2.45, 2.75) is 6.92 Å². The van der Waals surface area contributed by atoms with Crippen molar-refractivity contribution < 1.29 is 9.90 Å². The Bertz CT molecular complexity index is 731. The molecule has 2 aromatic carbocycles. The van der Waals surface area contributed by atoms with Crippen LogP contribution in [0, 0.1) is 0 Å². The van der Waals surface area contributed by atoms with Crippen LogP contribution >= 0.6 is 0 Å². The average Bonchev–Trinajstić information content (AvgIpc) is 2.76. The lowest BCUT2D eigenvalue weighted by Gasteiger charge is -2.15. The van der Waals surface area contributed by atoms with Crippen molar-refractivity contribution in [3.63, 3.8) is 0 Å². The summed E-state index contributed by atoms with van der Waals surface area (Å²) in [4.78, 5) is 18.4. The quantitative estimate of drug-likeness (QED) is 0.858. The van der Waals surface area contributed by atoms with Crippen LogP contribution in [-0.2, 0) is 4.79 Å². The van der Waals surface area contributed by atoms with E-state index in [1.165, 1.54) is 4.90 Å². The molecule has 1 N–H and O–H groups in total. The van der Waals surface area contributed by atoms with E-state index in [1.807, 2.05) is 30.3 Å². The smallest absolute Gasteiger partial charge is 0.282 e. The SMILES string of the molecule is CC1=N/C(=C\c2ccccc2)C(=O)N1c1ccc(O)cc1. The van der Waals surface area contributed by atoms with Crippen molar-refractivity contribution in [3.05, 3.63) is 65.9 Å². The number of hydrogen-bond acceptors (Lipinski definition) is 3. The molecule has 1 aliphatic heterocycles. The molecule has 0 bridgehead atoms. The number of phenols is 1. The van der Waals surface area contributed by atoms with Crippen LogP contribution in [0.4, 0.5) is 5.69 Å². The molecule has 0 aromatic heterocycles. The second-order valence-corrected chi connectivity index (χ2v) is 4.76. The summed E-state index contributed by atoms with van der Waals surface area (Å²) in [6.45, 7) is 1.79. The van der Waals surface area contributed by atoms with Gasteiger partial charge in [0.1, 0.15) is 17.3 Å². The summed E-state index contributed by atoms with van der Waals surface area (Å²) < 4.78 is 0. The summed E-state index contributed by atoms with van der Waals surface area (Å²) in [7, 11) is 0. The van der Waals surface area contributed by atoms with Gasteiger partial charge in [-0.25, -0.2) is 4.99 Å². The monoisotopic (exact) mass is 278 g/mol. The predicted molar refractivity (Wildman–Crippen MR) is 83.1 cm³/mol. The van der Waals surface area contributed by atoms with Crippen molar-refractivity contribution in [1.82, 2.24) is 0 Å². The third-order valence-electron chi connectivity index (χ3n) is 3.24. The fraction of sp³-hybridized carbons (Fsp3) is 0.0588. The van der Waals surface area contributed by atoms with Gasteiger partial charge >= 0.3 is 0 Å². The van der Waals surface area contributed by atoms with Gasteiger partial charge in [0.2, 0.25) is 0 Å². The number of rotatable bonds is 2. The maximum Gasteiger partial charge on any atom is 0.282 e. The van der Waals surface area contributed by atoms with E-state index in [1.54, 1.807) is 37.3 Å². The maximum atomic E-state index is 12.5. The van der Waals surface area contributed by atoms with Crippen LogP contribution in [0.2, 0.25) is 0 Å². The lowest BCUT2D eigenvalue weighted by molar-refractivity contribution is -0.113. The van der Waals surface area contributed by atoms with Gasteiger partial charge in [-0.1, -0.05) is 30.3 Å². The molecule has 0 saturated carbocycles. The number of carbonyl (C=O) groups is 1. The molecule has 3 rings (SSSR count). The van der Waals surface area contributed by atoms with Crippen LogP contribution in [0.1, 0.15) is 12.5 Å². The minimum atomic E-state index is -0.165. The third-order valence-corrected chi connectivity index (χ3v) is 3.24. The summed E-state index contributed by atoms with van der Waals surface area (Å²) in [5.41, 5.74) is 2.03. The number of aromatic hydroxyl groups is 1. The highest BCUT2D eigenvalue weighted by molar-refractivity contribution is 6.28. The number of carbonyl (C=O) groups excluding carboxylic acids is 1. The van der Waals surface area contributed by atoms with E-state index < -0.39 is 0 Å². The first kappa shape index (κ1) is 13.1. The van der Waals surface area contributed by atoms with Crippen molar-refractivity contribution in [2.75, 3.05) is 4.90 Å². The van der Waals surface area contributed by atoms with Crippen LogP contribution in [0.3, 0.4) is 0 Å². The molecular formula is C17H14N2O2. The maximum absolute atomic E-state index is 12.5. The zero-order valence-corrected chi connectivity index (χ0v) is 11.5. The van der Waals surface area contributed by atoms with Crippen LogP contribution < -0.4 is 4.90 Å². The molecule has 0 saturated heterocycles. The van der Waals surface area contributed by atoms with Gasteiger partial charge in [0.25, 0.3) is 5.91 Å². The average molecular weight is 278 g/mol. The van der Waals surface area contributed by atoms with Crippen molar-refractivity contribution in [3.8, 4) is 5.75 Å². The Kier molecular flexibility index (Phi) is 3.28. The van der Waals surface area contributed by atoms with Gasteiger partial charge in [0, 0.05) is 0 Å². The Morgan fingerprint density at radius 3 is 2.38 bits per heavy atom. The molecule has 1 heterocycles. The molecule has 1 amide bonds. The van der Waals surface area contributed by atoms with Crippen molar-refractivity contribution in [2.24, 2.45) is 4.99 Å². The van der Waals surface area contributed by atoms with Gasteiger partial charge in [-0.05, 0) is 42.8 Å². The first-order chi connectivity index (χ1) is 10.1. The molecular weight excluding hydrogens is 264 g/mol. The van der Waals surface area contributed by atoms with E-state index >= 15 is 0 Å². The summed E-state index contributed by atoms with van der Waals surface area (Å²) in [6.07, 6.45) is 1.77. The van der Waals surface area contributed by atoms with Crippen LogP contribution in [0.5, 0.6) is 5.75 Å². The van der Waals surface area contributed by atoms with Crippen molar-refractivity contribution >= 4 is 23.5 Å². The van der Waals surface area contributed by atoms with Gasteiger partial charge in [-0.2, -0.15) is 0 Å². The minimum absolute atomic E-state index is 0.165. The first-order valence-corrected chi connectivity index (χ1v) is 6.61. The Hall–Kier alpha value is -2.88. The van der Waals surface area contributed by atoms with Gasteiger partial charge in [-0.3, -0.25) is 9.69 Å². The largest absolute Gasteiger partial charge is 0.508 e. The molecule has 0 unspecified atom stereocenters. The highest BCUT2D eigenvalue weighted by atomic mass is 16.3. The highest BCUT2D eigenvalue weighted by Gasteiger charge is 2.28. The molecule has 21 heavy (non-hydrogen) atoms. The second-order valence-electron chi connectivity index (χ2n) is 4.76. The van der Waals surface area contributed by atoms with Crippen LogP contribution in [0.15, 0.2) is 65.3 Å². The summed E-state index contributed by atoms with van der Waals surface area (Å²) in [5.74, 6) is 0.620. The predicted octanol–water partition coefficient (Wildman–Crippen LogP) is 3.20. The second kappa shape index (κ2) is 5.25. The van der Waals surface area contributed by atoms with Crippen LogP contribution in [-0.4, -0.2) is 16.8 Å². The van der Waals surface area contributed by atoms with Gasteiger partial charge < -0.3 is 5.11 Å². The molecule has 4 heteroatoms. The fourth-order valence-corrected chi connectivity index (χ4v) is 2.24. The van der Waals surface area contributed by atoms with E-state index in [0.717, 1.165) is 5.56 Å². The summed E-state index contributed by atoms with van der Waals surface area (Å²) in [6, 6.07) is 16.1. The molecule has 0 aliphatic carbocycles. The zero-order valence-electron chi connectivity index (χ0n) is 11.5. The topological polar surface area (TPSA) is 52.9 Å². The number of amides is 1. The number of benzene rings is 2. The molecule has 104 valence electrons. The Balaban J connectivity index is 1.94. The lowest BCUT2D eigenvalue weighted by Crippen LogP contribution is -2.30. The lowest BCUT2D eigenvalue weighted by atomic mass is 10.2. The number of nitrogens with zero attached hydrogens (tertiary/aromatic N) is 2. The molecule has 0 atom stereocenters. The highest BCUT2D eigenvalue weighted by Crippen LogP contribution is 2.26. The standard InChI is InChI=1S/C17H14N2O2/c1-12-18-16(11-13-5-3-2-4-6-13)17(21)19(12)14-7-9-15(20)10-8-14/h2-11,20H,1H3/b16-11-. The van der Waals surface area contributed by atoms with E-state index in [0.29, 0.717) is 17.2 Å². The molecule has 2 aromatic rings. The number of anilines is 1. The number of phenolic OH excluding ortho intramolecular Hbond substituents is 1.